The zero-order valence-corrected chi connectivity index (χ0v) is 22.3. The molecule has 0 radical (unpaired) electrons. The van der Waals surface area contributed by atoms with Crippen molar-refractivity contribution in [1.82, 2.24) is 20.5 Å². The molecule has 11 heteroatoms. The van der Waals surface area contributed by atoms with Crippen LogP contribution in [-0.2, 0) is 11.3 Å². The van der Waals surface area contributed by atoms with Gasteiger partial charge in [-0.05, 0) is 56.0 Å². The number of hydrogen-bond donors (Lipinski definition) is 4. The molecule has 0 spiro atoms. The number of amides is 2. The highest BCUT2D eigenvalue weighted by Crippen LogP contribution is 2.19. The van der Waals surface area contributed by atoms with Crippen LogP contribution in [-0.4, -0.2) is 60.9 Å². The molecule has 38 heavy (non-hydrogen) atoms. The summed E-state index contributed by atoms with van der Waals surface area (Å²) in [4.78, 5) is 31.3. The Morgan fingerprint density at radius 1 is 0.974 bits per heavy atom. The molecule has 1 aromatic carbocycles. The Morgan fingerprint density at radius 3 is 2.42 bits per heavy atom. The van der Waals surface area contributed by atoms with Gasteiger partial charge in [0.15, 0.2) is 11.6 Å². The average molecular weight is 521 g/mol. The van der Waals surface area contributed by atoms with Gasteiger partial charge in [-0.25, -0.2) is 9.78 Å². The van der Waals surface area contributed by atoms with Crippen LogP contribution < -0.4 is 26.2 Å². The molecule has 0 fully saturated rings. The Balaban J connectivity index is 1.45. The van der Waals surface area contributed by atoms with E-state index in [-0.39, 0.29) is 18.6 Å². The number of carbonyl (C=O) groups excluding carboxylic acids is 2. The maximum atomic E-state index is 12.9. The molecule has 202 valence electrons. The summed E-state index contributed by atoms with van der Waals surface area (Å²) in [7, 11) is 5.51. The number of carbonyl (C=O) groups is 2. The Bertz CT molecular complexity index is 1170. The second-order valence-corrected chi connectivity index (χ2v) is 9.00. The lowest BCUT2D eigenvalue weighted by atomic mass is 10.1. The minimum absolute atomic E-state index is 0.0228. The predicted octanol–water partition coefficient (Wildman–Crippen LogP) is 4.13. The first-order chi connectivity index (χ1) is 18.4. The van der Waals surface area contributed by atoms with Gasteiger partial charge in [-0.1, -0.05) is 30.3 Å². The number of unbranched alkanes of at least 4 members (excludes halogenated alkanes) is 1. The maximum absolute atomic E-state index is 12.9. The van der Waals surface area contributed by atoms with Gasteiger partial charge in [0.2, 0.25) is 0 Å². The minimum Gasteiger partial charge on any atom is -0.445 e. The molecule has 2 amide bonds. The third kappa shape index (κ3) is 8.91. The third-order valence-corrected chi connectivity index (χ3v) is 5.68. The van der Waals surface area contributed by atoms with Crippen molar-refractivity contribution in [3.8, 4) is 0 Å². The van der Waals surface area contributed by atoms with E-state index < -0.39 is 6.09 Å². The van der Waals surface area contributed by atoms with Crippen molar-refractivity contribution < 1.29 is 14.3 Å². The number of aromatic nitrogens is 3. The fourth-order valence-corrected chi connectivity index (χ4v) is 3.55. The number of rotatable bonds is 13. The molecule has 3 aromatic rings. The van der Waals surface area contributed by atoms with E-state index in [1.165, 1.54) is 0 Å². The molecule has 11 nitrogen and oxygen atoms in total. The second-order valence-electron chi connectivity index (χ2n) is 9.00. The summed E-state index contributed by atoms with van der Waals surface area (Å²) >= 11 is 0. The summed E-state index contributed by atoms with van der Waals surface area (Å²) in [6, 6.07) is 16.5. The molecule has 1 unspecified atom stereocenters. The summed E-state index contributed by atoms with van der Waals surface area (Å²) in [5.74, 6) is 1.84. The van der Waals surface area contributed by atoms with Crippen LogP contribution in [0.5, 0.6) is 0 Å². The molecule has 1 atom stereocenters. The molecule has 0 aliphatic carbocycles. The van der Waals surface area contributed by atoms with Crippen LogP contribution in [0.15, 0.2) is 54.6 Å². The maximum Gasteiger partial charge on any atom is 0.407 e. The van der Waals surface area contributed by atoms with Crippen molar-refractivity contribution in [1.29, 1.82) is 0 Å². The summed E-state index contributed by atoms with van der Waals surface area (Å²) in [6.45, 7) is 2.81. The quantitative estimate of drug-likeness (QED) is 0.246. The smallest absolute Gasteiger partial charge is 0.407 e. The Hall–Kier alpha value is -4.41. The first-order valence-electron chi connectivity index (χ1n) is 12.6. The van der Waals surface area contributed by atoms with E-state index in [1.807, 2.05) is 56.3 Å². The van der Waals surface area contributed by atoms with Gasteiger partial charge in [-0.15, -0.1) is 10.2 Å². The van der Waals surface area contributed by atoms with Gasteiger partial charge < -0.3 is 30.9 Å². The Kier molecular flexibility index (Phi) is 10.6. The average Bonchev–Trinajstić information content (AvgIpc) is 2.92. The van der Waals surface area contributed by atoms with Crippen molar-refractivity contribution in [3.63, 3.8) is 0 Å². The van der Waals surface area contributed by atoms with Crippen molar-refractivity contribution >= 4 is 35.3 Å². The van der Waals surface area contributed by atoms with Gasteiger partial charge >= 0.3 is 6.09 Å². The molecular weight excluding hydrogens is 484 g/mol. The monoisotopic (exact) mass is 520 g/mol. The molecule has 4 N–H and O–H groups in total. The van der Waals surface area contributed by atoms with Crippen molar-refractivity contribution in [2.24, 2.45) is 0 Å². The molecule has 0 bridgehead atoms. The second kappa shape index (κ2) is 14.4. The molecular formula is C27H36N8O3. The molecule has 2 aromatic heterocycles. The van der Waals surface area contributed by atoms with E-state index in [9.17, 15) is 9.59 Å². The molecule has 0 aliphatic heterocycles. The SMILES string of the molecule is CNc1ccc(C(=O)Nc2ccc(N(C)C)nn2)c(NCCCCC(C)NC(=O)OCc2ccccc2)n1. The highest BCUT2D eigenvalue weighted by molar-refractivity contribution is 6.07. The topological polar surface area (TPSA) is 133 Å². The lowest BCUT2D eigenvalue weighted by Gasteiger charge is -2.15. The first-order valence-corrected chi connectivity index (χ1v) is 12.6. The van der Waals surface area contributed by atoms with E-state index >= 15 is 0 Å². The predicted molar refractivity (Wildman–Crippen MR) is 150 cm³/mol. The summed E-state index contributed by atoms with van der Waals surface area (Å²) in [5.41, 5.74) is 1.35. The Labute approximate surface area is 223 Å². The van der Waals surface area contributed by atoms with E-state index in [0.29, 0.717) is 35.4 Å². The van der Waals surface area contributed by atoms with Gasteiger partial charge in [0.1, 0.15) is 18.2 Å². The lowest BCUT2D eigenvalue weighted by molar-refractivity contribution is 0.102. The number of ether oxygens (including phenoxy) is 1. The number of hydrogen-bond acceptors (Lipinski definition) is 9. The van der Waals surface area contributed by atoms with Crippen LogP contribution in [0.4, 0.5) is 28.1 Å². The Morgan fingerprint density at radius 2 is 1.74 bits per heavy atom. The van der Waals surface area contributed by atoms with Crippen LogP contribution >= 0.6 is 0 Å². The van der Waals surface area contributed by atoms with Gasteiger partial charge in [-0.3, -0.25) is 4.79 Å². The van der Waals surface area contributed by atoms with E-state index in [2.05, 4.69) is 36.4 Å². The van der Waals surface area contributed by atoms with Crippen molar-refractivity contribution in [2.75, 3.05) is 48.5 Å². The fourth-order valence-electron chi connectivity index (χ4n) is 3.55. The molecule has 3 rings (SSSR count). The highest BCUT2D eigenvalue weighted by Gasteiger charge is 2.15. The van der Waals surface area contributed by atoms with Gasteiger partial charge in [0.05, 0.1) is 5.56 Å². The normalized spacial score (nSPS) is 11.3. The van der Waals surface area contributed by atoms with Crippen LogP contribution in [0, 0.1) is 0 Å². The zero-order chi connectivity index (χ0) is 27.3. The standard InChI is InChI=1S/C27H36N8O3/c1-19(30-27(37)38-18-20-11-6-5-7-12-20)10-8-9-17-29-25-21(13-14-22(28-2)31-25)26(36)32-23-15-16-24(34-33-23)35(3)4/h5-7,11-16,19H,8-10,17-18H2,1-4H3,(H,30,37)(H2,28,29,31)(H,32,33,36). The summed E-state index contributed by atoms with van der Waals surface area (Å²) in [6.07, 6.45) is 2.06. The molecule has 0 aliphatic rings. The molecule has 0 saturated heterocycles. The summed E-state index contributed by atoms with van der Waals surface area (Å²) < 4.78 is 5.28. The van der Waals surface area contributed by atoms with Crippen LogP contribution in [0.3, 0.4) is 0 Å². The van der Waals surface area contributed by atoms with E-state index in [4.69, 9.17) is 4.74 Å². The van der Waals surface area contributed by atoms with Gasteiger partial charge in [-0.2, -0.15) is 0 Å². The number of anilines is 4. The van der Waals surface area contributed by atoms with Gasteiger partial charge in [0.25, 0.3) is 5.91 Å². The van der Waals surface area contributed by atoms with Crippen molar-refractivity contribution in [2.45, 2.75) is 38.8 Å². The number of alkyl carbamates (subject to hydrolysis) is 1. The zero-order valence-electron chi connectivity index (χ0n) is 22.3. The highest BCUT2D eigenvalue weighted by atomic mass is 16.5. The van der Waals surface area contributed by atoms with Crippen LogP contribution in [0.2, 0.25) is 0 Å². The van der Waals surface area contributed by atoms with Gasteiger partial charge in [0, 0.05) is 33.7 Å². The number of benzene rings is 1. The number of nitrogens with zero attached hydrogens (tertiary/aromatic N) is 4. The fraction of sp³-hybridized carbons (Fsp3) is 0.370. The number of nitrogens with one attached hydrogen (secondary N) is 4. The minimum atomic E-state index is -0.427. The molecule has 0 saturated carbocycles. The first kappa shape index (κ1) is 28.2. The lowest BCUT2D eigenvalue weighted by Crippen LogP contribution is -2.33. The van der Waals surface area contributed by atoms with Crippen LogP contribution in [0.25, 0.3) is 0 Å². The molecule has 2 heterocycles. The number of pyridine rings is 1. The summed E-state index contributed by atoms with van der Waals surface area (Å²) in [5, 5.41) is 20.0. The van der Waals surface area contributed by atoms with Crippen LogP contribution in [0.1, 0.15) is 42.1 Å². The third-order valence-electron chi connectivity index (χ3n) is 5.68. The largest absolute Gasteiger partial charge is 0.445 e. The van der Waals surface area contributed by atoms with Crippen molar-refractivity contribution in [3.05, 3.63) is 65.7 Å². The van der Waals surface area contributed by atoms with E-state index in [1.54, 1.807) is 31.3 Å². The van der Waals surface area contributed by atoms with E-state index in [0.717, 1.165) is 24.8 Å².